The molecule has 2 aromatic carbocycles. The molecule has 0 aliphatic rings. The minimum Gasteiger partial charge on any atom is -0.372 e. The molecule has 33 heavy (non-hydrogen) atoms. The second-order valence-corrected chi connectivity index (χ2v) is 9.44. The van der Waals surface area contributed by atoms with Gasteiger partial charge in [-0.1, -0.05) is 126 Å². The Labute approximate surface area is 205 Å². The van der Waals surface area contributed by atoms with Gasteiger partial charge in [0.15, 0.2) is 0 Å². The minimum absolute atomic E-state index is 1.05. The maximum Gasteiger partial charge on any atom is 0.0366 e. The van der Waals surface area contributed by atoms with Gasteiger partial charge in [-0.25, -0.2) is 0 Å². The van der Waals surface area contributed by atoms with E-state index in [-0.39, 0.29) is 0 Å². The molecular formula is C32H49N. The van der Waals surface area contributed by atoms with E-state index in [4.69, 9.17) is 0 Å². The summed E-state index contributed by atoms with van der Waals surface area (Å²) in [6.45, 7) is 8.83. The summed E-state index contributed by atoms with van der Waals surface area (Å²) in [5.41, 5.74) is 5.43. The van der Waals surface area contributed by atoms with Gasteiger partial charge >= 0.3 is 0 Å². The monoisotopic (exact) mass is 447 g/mol. The van der Waals surface area contributed by atoms with E-state index >= 15 is 0 Å². The second kappa shape index (κ2) is 17.5. The van der Waals surface area contributed by atoms with Gasteiger partial charge in [0.05, 0.1) is 0 Å². The van der Waals surface area contributed by atoms with Crippen molar-refractivity contribution in [1.82, 2.24) is 0 Å². The van der Waals surface area contributed by atoms with Crippen LogP contribution in [0.15, 0.2) is 48.5 Å². The van der Waals surface area contributed by atoms with E-state index in [1.165, 1.54) is 106 Å². The Morgan fingerprint density at radius 1 is 0.576 bits per heavy atom. The van der Waals surface area contributed by atoms with Gasteiger partial charge in [-0.3, -0.25) is 0 Å². The van der Waals surface area contributed by atoms with Crippen LogP contribution < -0.4 is 4.90 Å². The first-order chi connectivity index (χ1) is 16.3. The zero-order valence-electron chi connectivity index (χ0n) is 21.8. The Bertz CT molecular complexity index is 754. The summed E-state index contributed by atoms with van der Waals surface area (Å²) in [7, 11) is 0. The molecule has 2 rings (SSSR count). The third kappa shape index (κ3) is 11.1. The molecule has 0 aromatic heterocycles. The number of aryl methyl sites for hydroxylation is 1. The molecule has 0 atom stereocenters. The predicted octanol–water partition coefficient (Wildman–Crippen LogP) is 9.95. The molecule has 1 heteroatoms. The van der Waals surface area contributed by atoms with Gasteiger partial charge in [0.2, 0.25) is 0 Å². The molecule has 0 saturated heterocycles. The molecule has 0 radical (unpaired) electrons. The first-order valence-electron chi connectivity index (χ1n) is 13.9. The number of anilines is 1. The number of benzene rings is 2. The molecule has 0 spiro atoms. The number of hydrogen-bond acceptors (Lipinski definition) is 1. The van der Waals surface area contributed by atoms with Gasteiger partial charge in [0, 0.05) is 18.8 Å². The molecule has 182 valence electrons. The van der Waals surface area contributed by atoms with Crippen molar-refractivity contribution >= 4 is 17.8 Å². The van der Waals surface area contributed by atoms with Crippen LogP contribution in [0.2, 0.25) is 0 Å². The summed E-state index contributed by atoms with van der Waals surface area (Å²) in [5, 5.41) is 0. The van der Waals surface area contributed by atoms with Gasteiger partial charge in [-0.15, -0.1) is 0 Å². The fraction of sp³-hybridized carbons (Fsp3) is 0.562. The lowest BCUT2D eigenvalue weighted by Crippen LogP contribution is -2.21. The van der Waals surface area contributed by atoms with Crippen molar-refractivity contribution in [3.05, 3.63) is 65.2 Å². The third-order valence-electron chi connectivity index (χ3n) is 6.83. The summed E-state index contributed by atoms with van der Waals surface area (Å²) in [6.07, 6.45) is 22.7. The van der Waals surface area contributed by atoms with Crippen molar-refractivity contribution in [2.24, 2.45) is 0 Å². The van der Waals surface area contributed by atoms with Crippen LogP contribution in [0.1, 0.15) is 115 Å². The quantitative estimate of drug-likeness (QED) is 0.162. The third-order valence-corrected chi connectivity index (χ3v) is 6.83. The Morgan fingerprint density at radius 3 is 1.70 bits per heavy atom. The Morgan fingerprint density at radius 2 is 1.12 bits per heavy atom. The van der Waals surface area contributed by atoms with E-state index in [1.54, 1.807) is 0 Å². The van der Waals surface area contributed by atoms with Crippen LogP contribution in [0.5, 0.6) is 0 Å². The van der Waals surface area contributed by atoms with E-state index in [1.807, 2.05) is 0 Å². The summed E-state index contributed by atoms with van der Waals surface area (Å²) in [5.74, 6) is 0. The van der Waals surface area contributed by atoms with Gasteiger partial charge < -0.3 is 4.90 Å². The summed E-state index contributed by atoms with van der Waals surface area (Å²) < 4.78 is 0. The Hall–Kier alpha value is -2.02. The molecule has 0 aliphatic heterocycles. The summed E-state index contributed by atoms with van der Waals surface area (Å²) in [6, 6.07) is 17.9. The average molecular weight is 448 g/mol. The largest absolute Gasteiger partial charge is 0.372 e. The molecular weight excluding hydrogens is 398 g/mol. The SMILES string of the molecule is CCCCCCCCCCCCCCc1ccccc1C=Cc1ccc(N(CC)CC)cc1. The van der Waals surface area contributed by atoms with Gasteiger partial charge in [0.25, 0.3) is 0 Å². The van der Waals surface area contributed by atoms with Crippen LogP contribution in [0.3, 0.4) is 0 Å². The minimum atomic E-state index is 1.05. The number of unbranched alkanes of at least 4 members (excludes halogenated alkanes) is 11. The van der Waals surface area contributed by atoms with Crippen LogP contribution in [0, 0.1) is 0 Å². The van der Waals surface area contributed by atoms with Gasteiger partial charge in [0.1, 0.15) is 0 Å². The highest BCUT2D eigenvalue weighted by atomic mass is 15.1. The molecule has 0 unspecified atom stereocenters. The number of nitrogens with zero attached hydrogens (tertiary/aromatic N) is 1. The lowest BCUT2D eigenvalue weighted by molar-refractivity contribution is 0.544. The topological polar surface area (TPSA) is 3.24 Å². The van der Waals surface area contributed by atoms with Crippen molar-refractivity contribution in [2.45, 2.75) is 104 Å². The highest BCUT2D eigenvalue weighted by Crippen LogP contribution is 2.19. The van der Waals surface area contributed by atoms with Crippen LogP contribution in [-0.4, -0.2) is 13.1 Å². The zero-order valence-corrected chi connectivity index (χ0v) is 21.8. The Balaban J connectivity index is 1.68. The number of hydrogen-bond donors (Lipinski definition) is 0. The lowest BCUT2D eigenvalue weighted by atomic mass is 9.99. The van der Waals surface area contributed by atoms with Crippen molar-refractivity contribution in [3.8, 4) is 0 Å². The van der Waals surface area contributed by atoms with Crippen molar-refractivity contribution in [2.75, 3.05) is 18.0 Å². The van der Waals surface area contributed by atoms with Crippen LogP contribution >= 0.6 is 0 Å². The smallest absolute Gasteiger partial charge is 0.0366 e. The predicted molar refractivity (Wildman–Crippen MR) is 150 cm³/mol. The summed E-state index contributed by atoms with van der Waals surface area (Å²) in [4.78, 5) is 2.39. The molecule has 0 fully saturated rings. The Kier molecular flexibility index (Phi) is 14.4. The van der Waals surface area contributed by atoms with Gasteiger partial charge in [-0.2, -0.15) is 0 Å². The number of rotatable bonds is 18. The van der Waals surface area contributed by atoms with Gasteiger partial charge in [-0.05, 0) is 55.5 Å². The molecule has 0 aliphatic carbocycles. The fourth-order valence-electron chi connectivity index (χ4n) is 4.65. The van der Waals surface area contributed by atoms with Crippen LogP contribution in [-0.2, 0) is 6.42 Å². The lowest BCUT2D eigenvalue weighted by Gasteiger charge is -2.20. The first kappa shape index (κ1) is 27.2. The molecule has 1 nitrogen and oxygen atoms in total. The van der Waals surface area contributed by atoms with Crippen molar-refractivity contribution in [1.29, 1.82) is 0 Å². The highest BCUT2D eigenvalue weighted by molar-refractivity contribution is 5.72. The first-order valence-corrected chi connectivity index (χ1v) is 13.9. The van der Waals surface area contributed by atoms with E-state index in [0.29, 0.717) is 0 Å². The van der Waals surface area contributed by atoms with Crippen LogP contribution in [0.4, 0.5) is 5.69 Å². The second-order valence-electron chi connectivity index (χ2n) is 9.44. The van der Waals surface area contributed by atoms with Crippen molar-refractivity contribution in [3.63, 3.8) is 0 Å². The fourth-order valence-corrected chi connectivity index (χ4v) is 4.65. The zero-order chi connectivity index (χ0) is 23.6. The standard InChI is InChI=1S/C32H49N/c1-4-7-8-9-10-11-12-13-14-15-16-17-20-30-21-18-19-22-31(30)26-23-29-24-27-32(28-25-29)33(5-2)6-3/h18-19,21-28H,4-17,20H2,1-3H3. The maximum atomic E-state index is 2.39. The van der Waals surface area contributed by atoms with E-state index < -0.39 is 0 Å². The van der Waals surface area contributed by atoms with E-state index in [0.717, 1.165) is 13.1 Å². The molecule has 0 heterocycles. The van der Waals surface area contributed by atoms with Crippen molar-refractivity contribution < 1.29 is 0 Å². The highest BCUT2D eigenvalue weighted by Gasteiger charge is 2.02. The maximum absolute atomic E-state index is 2.39. The molecule has 0 saturated carbocycles. The average Bonchev–Trinajstić information content (AvgIpc) is 2.85. The van der Waals surface area contributed by atoms with E-state index in [9.17, 15) is 0 Å². The molecule has 0 N–H and O–H groups in total. The molecule has 0 bridgehead atoms. The molecule has 0 amide bonds. The normalized spacial score (nSPS) is 11.4. The van der Waals surface area contributed by atoms with E-state index in [2.05, 4.69) is 86.4 Å². The summed E-state index contributed by atoms with van der Waals surface area (Å²) >= 11 is 0. The van der Waals surface area contributed by atoms with Crippen LogP contribution in [0.25, 0.3) is 12.2 Å². The molecule has 2 aromatic rings.